The Hall–Kier alpha value is -1.59. The van der Waals surface area contributed by atoms with Crippen LogP contribution in [0.4, 0.5) is 10.5 Å². The minimum atomic E-state index is -0.687. The molecule has 100 valence electrons. The zero-order valence-corrected chi connectivity index (χ0v) is 11.5. The van der Waals surface area contributed by atoms with Crippen molar-refractivity contribution in [2.75, 3.05) is 11.4 Å². The van der Waals surface area contributed by atoms with E-state index in [4.69, 9.17) is 23.2 Å². The van der Waals surface area contributed by atoms with Crippen LogP contribution < -0.4 is 4.90 Å². The summed E-state index contributed by atoms with van der Waals surface area (Å²) >= 11 is 11.8. The molecule has 0 N–H and O–H groups in total. The summed E-state index contributed by atoms with van der Waals surface area (Å²) < 4.78 is 0. The van der Waals surface area contributed by atoms with Gasteiger partial charge in [0.2, 0.25) is 11.8 Å². The van der Waals surface area contributed by atoms with Crippen molar-refractivity contribution in [3.05, 3.63) is 28.2 Å². The van der Waals surface area contributed by atoms with E-state index in [1.165, 1.54) is 25.1 Å². The molecule has 0 radical (unpaired) electrons. The van der Waals surface area contributed by atoms with Crippen LogP contribution in [-0.4, -0.2) is 29.3 Å². The highest BCUT2D eigenvalue weighted by Gasteiger charge is 2.36. The maximum Gasteiger partial charge on any atom is 0.338 e. The third-order valence-corrected chi connectivity index (χ3v) is 3.29. The number of nitrogens with zero attached hydrogens (tertiary/aromatic N) is 2. The third-order valence-electron chi connectivity index (χ3n) is 2.75. The van der Waals surface area contributed by atoms with Crippen molar-refractivity contribution in [3.63, 3.8) is 0 Å². The van der Waals surface area contributed by atoms with E-state index < -0.39 is 17.8 Å². The maximum atomic E-state index is 12.1. The smallest absolute Gasteiger partial charge is 0.275 e. The van der Waals surface area contributed by atoms with Gasteiger partial charge >= 0.3 is 6.03 Å². The molecule has 1 heterocycles. The summed E-state index contributed by atoms with van der Waals surface area (Å²) in [5.41, 5.74) is 0.229. The number of anilines is 1. The summed E-state index contributed by atoms with van der Waals surface area (Å²) in [6.45, 7) is 1.37. The Kier molecular flexibility index (Phi) is 3.78. The predicted octanol–water partition coefficient (Wildman–Crippen LogP) is 2.70. The molecule has 4 amide bonds. The molecule has 5 nitrogen and oxygen atoms in total. The van der Waals surface area contributed by atoms with Crippen molar-refractivity contribution in [3.8, 4) is 0 Å². The van der Waals surface area contributed by atoms with Crippen molar-refractivity contribution in [2.24, 2.45) is 0 Å². The van der Waals surface area contributed by atoms with Gasteiger partial charge in [0.1, 0.15) is 0 Å². The average Bonchev–Trinajstić information content (AvgIpc) is 2.31. The minimum absolute atomic E-state index is 0.0737. The van der Waals surface area contributed by atoms with Gasteiger partial charge in [0.25, 0.3) is 0 Å². The van der Waals surface area contributed by atoms with Crippen molar-refractivity contribution in [1.29, 1.82) is 0 Å². The van der Waals surface area contributed by atoms with Crippen LogP contribution in [-0.2, 0) is 9.59 Å². The number of halogens is 2. The molecule has 1 aliphatic heterocycles. The molecule has 0 bridgehead atoms. The van der Waals surface area contributed by atoms with Gasteiger partial charge in [0, 0.05) is 24.9 Å². The quantitative estimate of drug-likeness (QED) is 0.801. The first-order valence-corrected chi connectivity index (χ1v) is 6.27. The second-order valence-corrected chi connectivity index (χ2v) is 4.87. The van der Waals surface area contributed by atoms with Gasteiger partial charge in [-0.15, -0.1) is 0 Å². The number of carbonyl (C=O) groups excluding carboxylic acids is 3. The number of hydrogen-bond acceptors (Lipinski definition) is 3. The van der Waals surface area contributed by atoms with E-state index in [1.54, 1.807) is 0 Å². The summed E-state index contributed by atoms with van der Waals surface area (Å²) in [6, 6.07) is 3.75. The molecule has 0 aromatic heterocycles. The Balaban J connectivity index is 2.43. The lowest BCUT2D eigenvalue weighted by molar-refractivity contribution is -0.128. The molecule has 1 aromatic rings. The van der Waals surface area contributed by atoms with Crippen LogP contribution in [0.15, 0.2) is 18.2 Å². The number of imide groups is 2. The fraction of sp³-hybridized carbons (Fsp3) is 0.250. The molecule has 0 saturated carbocycles. The predicted molar refractivity (Wildman–Crippen MR) is 71.3 cm³/mol. The highest BCUT2D eigenvalue weighted by Crippen LogP contribution is 2.31. The summed E-state index contributed by atoms with van der Waals surface area (Å²) in [5, 5.41) is 0.577. The number of carbonyl (C=O) groups is 3. The molecule has 0 spiro atoms. The summed E-state index contributed by atoms with van der Waals surface area (Å²) in [4.78, 5) is 37.3. The van der Waals surface area contributed by atoms with Crippen molar-refractivity contribution < 1.29 is 14.4 Å². The Bertz CT molecular complexity index is 574. The maximum absolute atomic E-state index is 12.1. The van der Waals surface area contributed by atoms with Gasteiger partial charge in [0.05, 0.1) is 10.7 Å². The molecule has 7 heteroatoms. The Morgan fingerprint density at radius 2 is 1.95 bits per heavy atom. The summed E-state index contributed by atoms with van der Waals surface area (Å²) in [6.07, 6.45) is 0.0737. The number of hydrogen-bond donors (Lipinski definition) is 0. The van der Waals surface area contributed by atoms with Gasteiger partial charge in [-0.05, 0) is 18.2 Å². The fourth-order valence-electron chi connectivity index (χ4n) is 1.83. The van der Waals surface area contributed by atoms with E-state index in [9.17, 15) is 14.4 Å². The van der Waals surface area contributed by atoms with Crippen LogP contribution in [0.1, 0.15) is 13.3 Å². The molecule has 0 unspecified atom stereocenters. The first kappa shape index (κ1) is 13.8. The molecule has 1 aromatic carbocycles. The van der Waals surface area contributed by atoms with Gasteiger partial charge in [-0.1, -0.05) is 23.2 Å². The van der Waals surface area contributed by atoms with E-state index in [0.717, 1.165) is 9.80 Å². The molecule has 1 saturated heterocycles. The van der Waals surface area contributed by atoms with E-state index in [0.29, 0.717) is 5.02 Å². The van der Waals surface area contributed by atoms with E-state index >= 15 is 0 Å². The van der Waals surface area contributed by atoms with Gasteiger partial charge < -0.3 is 0 Å². The number of amides is 4. The monoisotopic (exact) mass is 300 g/mol. The van der Waals surface area contributed by atoms with Crippen LogP contribution in [0, 0.1) is 0 Å². The third kappa shape index (κ3) is 2.57. The number of urea groups is 1. The molecule has 0 atom stereocenters. The molecule has 19 heavy (non-hydrogen) atoms. The van der Waals surface area contributed by atoms with Crippen molar-refractivity contribution in [1.82, 2.24) is 4.90 Å². The van der Waals surface area contributed by atoms with E-state index in [1.807, 2.05) is 0 Å². The lowest BCUT2D eigenvalue weighted by atomic mass is 10.2. The highest BCUT2D eigenvalue weighted by atomic mass is 35.5. The molecule has 1 fully saturated rings. The van der Waals surface area contributed by atoms with Crippen molar-refractivity contribution >= 4 is 46.7 Å². The van der Waals surface area contributed by atoms with Gasteiger partial charge in [0.15, 0.2) is 0 Å². The highest BCUT2D eigenvalue weighted by molar-refractivity contribution is 6.38. The zero-order chi connectivity index (χ0) is 14.2. The van der Waals surface area contributed by atoms with E-state index in [2.05, 4.69) is 0 Å². The molecule has 2 rings (SSSR count). The van der Waals surface area contributed by atoms with E-state index in [-0.39, 0.29) is 23.7 Å². The second kappa shape index (κ2) is 5.19. The number of rotatable bonds is 1. The fourth-order valence-corrected chi connectivity index (χ4v) is 2.33. The van der Waals surface area contributed by atoms with Gasteiger partial charge in [-0.3, -0.25) is 14.5 Å². The minimum Gasteiger partial charge on any atom is -0.275 e. The Labute approximate surface area is 119 Å². The SMILES string of the molecule is CC(=O)N1CCC(=O)N(c2ccc(Cl)cc2Cl)C1=O. The largest absolute Gasteiger partial charge is 0.338 e. The van der Waals surface area contributed by atoms with Crippen LogP contribution in [0.25, 0.3) is 0 Å². The molecule has 1 aliphatic rings. The van der Waals surface area contributed by atoms with Crippen LogP contribution in [0.3, 0.4) is 0 Å². The van der Waals surface area contributed by atoms with Crippen LogP contribution >= 0.6 is 23.2 Å². The lowest BCUT2D eigenvalue weighted by Crippen LogP contribution is -2.54. The van der Waals surface area contributed by atoms with Gasteiger partial charge in [-0.2, -0.15) is 0 Å². The first-order chi connectivity index (χ1) is 8.91. The van der Waals surface area contributed by atoms with Gasteiger partial charge in [-0.25, -0.2) is 9.69 Å². The zero-order valence-electron chi connectivity index (χ0n) is 10.0. The standard InChI is InChI=1S/C12H10Cl2N2O3/c1-7(17)15-5-4-11(18)16(12(15)19)10-3-2-8(13)6-9(10)14/h2-3,6H,4-5H2,1H3. The lowest BCUT2D eigenvalue weighted by Gasteiger charge is -2.32. The topological polar surface area (TPSA) is 57.7 Å². The van der Waals surface area contributed by atoms with Crippen LogP contribution in [0.5, 0.6) is 0 Å². The Morgan fingerprint density at radius 3 is 2.53 bits per heavy atom. The Morgan fingerprint density at radius 1 is 1.26 bits per heavy atom. The average molecular weight is 301 g/mol. The number of benzene rings is 1. The first-order valence-electron chi connectivity index (χ1n) is 5.52. The molecule has 0 aliphatic carbocycles. The summed E-state index contributed by atoms with van der Waals surface area (Å²) in [7, 11) is 0. The normalized spacial score (nSPS) is 15.9. The summed E-state index contributed by atoms with van der Waals surface area (Å²) in [5.74, 6) is -0.806. The molecular formula is C12H10Cl2N2O3. The second-order valence-electron chi connectivity index (χ2n) is 4.03. The van der Waals surface area contributed by atoms with Crippen LogP contribution in [0.2, 0.25) is 10.0 Å². The molecular weight excluding hydrogens is 291 g/mol. The van der Waals surface area contributed by atoms with Crippen molar-refractivity contribution in [2.45, 2.75) is 13.3 Å².